The smallest absolute Gasteiger partial charge is 0.244 e. The van der Waals surface area contributed by atoms with Crippen LogP contribution in [0.2, 0.25) is 0 Å². The molecule has 1 fully saturated rings. The highest BCUT2D eigenvalue weighted by atomic mass is 32.1. The molecule has 0 atom stereocenters. The van der Waals surface area contributed by atoms with Gasteiger partial charge in [-0.05, 0) is 36.4 Å². The predicted molar refractivity (Wildman–Crippen MR) is 86.8 cm³/mol. The van der Waals surface area contributed by atoms with Crippen molar-refractivity contribution in [2.75, 3.05) is 19.8 Å². The molecule has 22 heavy (non-hydrogen) atoms. The number of ether oxygens (including phenoxy) is 1. The van der Waals surface area contributed by atoms with Gasteiger partial charge in [0.15, 0.2) is 0 Å². The van der Waals surface area contributed by atoms with Crippen molar-refractivity contribution in [1.29, 1.82) is 0 Å². The number of furan rings is 1. The number of nitrogens with one attached hydrogen (secondary N) is 1. The van der Waals surface area contributed by atoms with E-state index in [2.05, 4.69) is 22.8 Å². The average molecular weight is 317 g/mol. The van der Waals surface area contributed by atoms with E-state index in [0.29, 0.717) is 6.54 Å². The third-order valence-electron chi connectivity index (χ3n) is 4.07. The summed E-state index contributed by atoms with van der Waals surface area (Å²) in [6, 6.07) is 6.04. The summed E-state index contributed by atoms with van der Waals surface area (Å²) in [6.45, 7) is 2.14. The zero-order valence-corrected chi connectivity index (χ0v) is 13.1. The normalized spacial score (nSPS) is 17.6. The van der Waals surface area contributed by atoms with Crippen LogP contribution in [-0.4, -0.2) is 25.7 Å². The van der Waals surface area contributed by atoms with E-state index >= 15 is 0 Å². The molecular weight excluding hydrogens is 298 g/mol. The minimum Gasteiger partial charge on any atom is -0.472 e. The van der Waals surface area contributed by atoms with Crippen LogP contribution in [0.5, 0.6) is 0 Å². The second-order valence-corrected chi connectivity index (χ2v) is 6.43. The van der Waals surface area contributed by atoms with Crippen LogP contribution in [0.15, 0.2) is 46.6 Å². The molecule has 3 heterocycles. The molecule has 2 aromatic heterocycles. The Kier molecular flexibility index (Phi) is 4.75. The van der Waals surface area contributed by atoms with Crippen molar-refractivity contribution in [2.45, 2.75) is 18.3 Å². The third kappa shape index (κ3) is 3.48. The molecular formula is C17H19NO3S. The summed E-state index contributed by atoms with van der Waals surface area (Å²) in [5, 5.41) is 5.13. The summed E-state index contributed by atoms with van der Waals surface area (Å²) in [4.78, 5) is 13.4. The Morgan fingerprint density at radius 1 is 1.36 bits per heavy atom. The molecule has 0 spiro atoms. The molecule has 0 radical (unpaired) electrons. The Balaban J connectivity index is 1.63. The summed E-state index contributed by atoms with van der Waals surface area (Å²) in [5.74, 6) is -0.0800. The number of thiophene rings is 1. The summed E-state index contributed by atoms with van der Waals surface area (Å²) in [7, 11) is 0. The molecule has 1 N–H and O–H groups in total. The average Bonchev–Trinajstić information content (AvgIpc) is 3.25. The highest BCUT2D eigenvalue weighted by molar-refractivity contribution is 7.10. The monoisotopic (exact) mass is 317 g/mol. The van der Waals surface area contributed by atoms with Gasteiger partial charge in [-0.25, -0.2) is 0 Å². The van der Waals surface area contributed by atoms with E-state index in [1.165, 1.54) is 4.88 Å². The SMILES string of the molecule is O=C(/C=C/c1ccoc1)NCC1(c2cccs2)CCOCC1. The Morgan fingerprint density at radius 3 is 2.91 bits per heavy atom. The number of carbonyl (C=O) groups excluding carboxylic acids is 1. The van der Waals surface area contributed by atoms with Crippen LogP contribution in [0, 0.1) is 0 Å². The lowest BCUT2D eigenvalue weighted by Crippen LogP contribution is -2.43. The van der Waals surface area contributed by atoms with Gasteiger partial charge in [-0.2, -0.15) is 0 Å². The molecule has 116 valence electrons. The van der Waals surface area contributed by atoms with E-state index in [-0.39, 0.29) is 11.3 Å². The van der Waals surface area contributed by atoms with Gasteiger partial charge in [0, 0.05) is 41.7 Å². The highest BCUT2D eigenvalue weighted by Crippen LogP contribution is 2.36. The summed E-state index contributed by atoms with van der Waals surface area (Å²) in [6.07, 6.45) is 8.38. The minimum absolute atomic E-state index is 0.00551. The van der Waals surface area contributed by atoms with E-state index in [0.717, 1.165) is 31.6 Å². The molecule has 4 nitrogen and oxygen atoms in total. The Labute approximate surface area is 133 Å². The van der Waals surface area contributed by atoms with Crippen molar-refractivity contribution >= 4 is 23.3 Å². The quantitative estimate of drug-likeness (QED) is 0.862. The number of hydrogen-bond donors (Lipinski definition) is 1. The molecule has 5 heteroatoms. The summed E-state index contributed by atoms with van der Waals surface area (Å²) in [5.41, 5.74) is 0.889. The van der Waals surface area contributed by atoms with Crippen LogP contribution < -0.4 is 5.32 Å². The lowest BCUT2D eigenvalue weighted by molar-refractivity contribution is -0.116. The van der Waals surface area contributed by atoms with Crippen molar-refractivity contribution in [2.24, 2.45) is 0 Å². The van der Waals surface area contributed by atoms with Gasteiger partial charge in [0.2, 0.25) is 5.91 Å². The molecule has 1 amide bonds. The zero-order valence-electron chi connectivity index (χ0n) is 12.3. The largest absolute Gasteiger partial charge is 0.472 e. The number of amides is 1. The third-order valence-corrected chi connectivity index (χ3v) is 5.18. The maximum Gasteiger partial charge on any atom is 0.244 e. The second-order valence-electron chi connectivity index (χ2n) is 5.48. The molecule has 1 aliphatic heterocycles. The Morgan fingerprint density at radius 2 is 2.23 bits per heavy atom. The number of hydrogen-bond acceptors (Lipinski definition) is 4. The van der Waals surface area contributed by atoms with Gasteiger partial charge in [0.1, 0.15) is 0 Å². The number of carbonyl (C=O) groups is 1. The van der Waals surface area contributed by atoms with Crippen LogP contribution in [0.3, 0.4) is 0 Å². The van der Waals surface area contributed by atoms with Gasteiger partial charge in [-0.3, -0.25) is 4.79 Å². The Bertz CT molecular complexity index is 610. The first-order chi connectivity index (χ1) is 10.8. The first-order valence-electron chi connectivity index (χ1n) is 7.38. The fraction of sp³-hybridized carbons (Fsp3) is 0.353. The Hall–Kier alpha value is -1.85. The van der Waals surface area contributed by atoms with Gasteiger partial charge in [0.25, 0.3) is 0 Å². The standard InChI is InChI=1S/C17H19NO3S/c19-16(4-3-14-5-8-21-12-14)18-13-17(6-9-20-10-7-17)15-2-1-11-22-15/h1-5,8,11-12H,6-7,9-10,13H2,(H,18,19)/b4-3+. The first kappa shape index (κ1) is 15.1. The fourth-order valence-corrected chi connectivity index (χ4v) is 3.70. The topological polar surface area (TPSA) is 51.5 Å². The molecule has 0 aromatic carbocycles. The van der Waals surface area contributed by atoms with Gasteiger partial charge >= 0.3 is 0 Å². The molecule has 0 aliphatic carbocycles. The summed E-state index contributed by atoms with van der Waals surface area (Å²) < 4.78 is 10.5. The lowest BCUT2D eigenvalue weighted by Gasteiger charge is -2.36. The molecule has 2 aromatic rings. The van der Waals surface area contributed by atoms with E-state index < -0.39 is 0 Å². The van der Waals surface area contributed by atoms with Crippen molar-refractivity contribution in [3.05, 3.63) is 52.6 Å². The van der Waals surface area contributed by atoms with Crippen molar-refractivity contribution in [1.82, 2.24) is 5.32 Å². The maximum absolute atomic E-state index is 12.0. The van der Waals surface area contributed by atoms with Crippen molar-refractivity contribution < 1.29 is 13.9 Å². The number of rotatable bonds is 5. The van der Waals surface area contributed by atoms with E-state index in [9.17, 15) is 4.79 Å². The van der Waals surface area contributed by atoms with Crippen LogP contribution in [-0.2, 0) is 14.9 Å². The fourth-order valence-electron chi connectivity index (χ4n) is 2.71. The van der Waals surface area contributed by atoms with Gasteiger partial charge in [0.05, 0.1) is 12.5 Å². The molecule has 1 aliphatic rings. The van der Waals surface area contributed by atoms with Crippen molar-refractivity contribution in [3.8, 4) is 0 Å². The van der Waals surface area contributed by atoms with E-state index in [4.69, 9.17) is 9.15 Å². The highest BCUT2D eigenvalue weighted by Gasteiger charge is 2.35. The van der Waals surface area contributed by atoms with E-state index in [1.807, 2.05) is 6.07 Å². The molecule has 0 bridgehead atoms. The second kappa shape index (κ2) is 6.94. The van der Waals surface area contributed by atoms with Gasteiger partial charge in [-0.15, -0.1) is 11.3 Å². The van der Waals surface area contributed by atoms with Crippen LogP contribution in [0.25, 0.3) is 6.08 Å². The minimum atomic E-state index is -0.0800. The maximum atomic E-state index is 12.0. The first-order valence-corrected chi connectivity index (χ1v) is 8.26. The molecule has 3 rings (SSSR count). The zero-order chi connectivity index (χ0) is 15.3. The van der Waals surface area contributed by atoms with Crippen LogP contribution in [0.4, 0.5) is 0 Å². The lowest BCUT2D eigenvalue weighted by atomic mass is 9.78. The van der Waals surface area contributed by atoms with Crippen LogP contribution >= 0.6 is 11.3 Å². The molecule has 1 saturated heterocycles. The van der Waals surface area contributed by atoms with Gasteiger partial charge < -0.3 is 14.5 Å². The molecule has 0 saturated carbocycles. The summed E-state index contributed by atoms with van der Waals surface area (Å²) >= 11 is 1.75. The van der Waals surface area contributed by atoms with Crippen LogP contribution in [0.1, 0.15) is 23.3 Å². The predicted octanol–water partition coefficient (Wildman–Crippen LogP) is 3.22. The molecule has 0 unspecified atom stereocenters. The van der Waals surface area contributed by atoms with Crippen molar-refractivity contribution in [3.63, 3.8) is 0 Å². The van der Waals surface area contributed by atoms with E-state index in [1.54, 1.807) is 36.0 Å². The van der Waals surface area contributed by atoms with Gasteiger partial charge in [-0.1, -0.05) is 6.07 Å².